The molecule has 0 radical (unpaired) electrons. The molecule has 13 heteroatoms. The summed E-state index contributed by atoms with van der Waals surface area (Å²) >= 11 is 0. The minimum atomic E-state index is -0.309. The molecule has 1 amide bonds. The van der Waals surface area contributed by atoms with Crippen molar-refractivity contribution < 1.29 is 18.0 Å². The molecular weight excluding hydrogens is 1450 g/mol. The number of benzene rings is 10. The van der Waals surface area contributed by atoms with Crippen LogP contribution in [-0.2, 0) is 69.0 Å². The Labute approximate surface area is 697 Å². The van der Waals surface area contributed by atoms with Crippen molar-refractivity contribution in [3.05, 3.63) is 303 Å². The van der Waals surface area contributed by atoms with Crippen LogP contribution in [0.1, 0.15) is 220 Å². The van der Waals surface area contributed by atoms with E-state index in [0.29, 0.717) is 23.8 Å². The molecule has 0 fully saturated rings. The number of amides is 1. The third-order valence-electron chi connectivity index (χ3n) is 21.9. The van der Waals surface area contributed by atoms with Crippen molar-refractivity contribution in [3.63, 3.8) is 0 Å². The van der Waals surface area contributed by atoms with Crippen LogP contribution in [0.15, 0.2) is 249 Å². The summed E-state index contributed by atoms with van der Waals surface area (Å²) in [5.74, 6) is 2.11. The number of H-pyrrole nitrogens is 2. The molecule has 1 aliphatic carbocycles. The number of nitrogens with one attached hydrogen (secondary N) is 3. The van der Waals surface area contributed by atoms with Crippen LogP contribution in [0, 0.1) is 6.92 Å². The maximum absolute atomic E-state index is 11.3. The molecule has 2 aliphatic rings. The maximum Gasteiger partial charge on any atom is 0.419 e. The number of anilines is 1. The van der Waals surface area contributed by atoms with Gasteiger partial charge in [0.25, 0.3) is 0 Å². The van der Waals surface area contributed by atoms with Crippen LogP contribution in [0.2, 0.25) is 0 Å². The van der Waals surface area contributed by atoms with E-state index >= 15 is 0 Å². The quantitative estimate of drug-likeness (QED) is 0.156. The Morgan fingerprint density at radius 3 is 1.47 bits per heavy atom. The van der Waals surface area contributed by atoms with Gasteiger partial charge in [-0.15, -0.1) is 0 Å². The Morgan fingerprint density at radius 2 is 0.881 bits per heavy atom. The SMILES string of the molecule is CC(C)(C)c1cc2ccccc2cn1.CC(C)(C)c1ccc2c(c1)NC(=O)C2.CC(C)(C)c1ccc2c3c([nH]c2c1)CCCC3.CC(C)(C)c1ccc2nc(-c3ccccc3)[nH]c2c1.CC(C)(C)c1ccc2oc(-c3ccccc3)nc2c1.Cc1ccccc1-c1nc2cc(C(C)(C)C)ccc2o1.Cn1c(=O)oc2ccc(C(C)(C)C)cc21. The molecule has 13 nitrogen and oxygen atoms in total. The lowest BCUT2D eigenvalue weighted by molar-refractivity contribution is -0.115. The van der Waals surface area contributed by atoms with Crippen LogP contribution in [0.25, 0.3) is 100 Å². The zero-order chi connectivity index (χ0) is 85.0. The summed E-state index contributed by atoms with van der Waals surface area (Å²) in [7, 11) is 1.72. The van der Waals surface area contributed by atoms with Gasteiger partial charge in [0.15, 0.2) is 16.7 Å². The molecule has 1 aliphatic heterocycles. The first-order valence-corrected chi connectivity index (χ1v) is 41.5. The second kappa shape index (κ2) is 34.5. The molecule has 16 aromatic rings. The van der Waals surface area contributed by atoms with E-state index in [1.54, 1.807) is 12.6 Å². The number of oxazole rings is 3. The Hall–Kier alpha value is -11.7. The van der Waals surface area contributed by atoms with Gasteiger partial charge in [-0.25, -0.2) is 19.7 Å². The van der Waals surface area contributed by atoms with Crippen molar-refractivity contribution in [2.45, 2.75) is 222 Å². The number of aromatic amines is 2. The fourth-order valence-corrected chi connectivity index (χ4v) is 14.3. The average Bonchev–Trinajstić information content (AvgIpc) is 1.66. The van der Waals surface area contributed by atoms with Gasteiger partial charge in [-0.05, 0) is 205 Å². The second-order valence-electron chi connectivity index (χ2n) is 38.7. The van der Waals surface area contributed by atoms with Crippen LogP contribution < -0.4 is 11.1 Å². The number of aryl methyl sites for hydroxylation is 4. The van der Waals surface area contributed by atoms with Crippen LogP contribution in [0.5, 0.6) is 0 Å². The van der Waals surface area contributed by atoms with E-state index in [0.717, 1.165) is 78.2 Å². The van der Waals surface area contributed by atoms with E-state index in [1.165, 1.54) is 96.6 Å². The molecule has 610 valence electrons. The topological polar surface area (TPSA) is 174 Å². The van der Waals surface area contributed by atoms with E-state index in [2.05, 4.69) is 303 Å². The van der Waals surface area contributed by atoms with Crippen molar-refractivity contribution in [1.82, 2.24) is 34.5 Å². The highest BCUT2D eigenvalue weighted by Crippen LogP contribution is 2.37. The average molecular weight is 1570 g/mol. The highest BCUT2D eigenvalue weighted by molar-refractivity contribution is 5.99. The zero-order valence-corrected chi connectivity index (χ0v) is 73.8. The lowest BCUT2D eigenvalue weighted by atomic mass is 9.86. The number of aromatic nitrogens is 7. The van der Waals surface area contributed by atoms with Gasteiger partial charge in [-0.2, -0.15) is 0 Å². The van der Waals surface area contributed by atoms with Gasteiger partial charge >= 0.3 is 5.76 Å². The fourth-order valence-electron chi connectivity index (χ4n) is 14.3. The van der Waals surface area contributed by atoms with Gasteiger partial charge in [-0.1, -0.05) is 285 Å². The molecule has 6 aromatic heterocycles. The summed E-state index contributed by atoms with van der Waals surface area (Å²) in [6.45, 7) is 48.3. The molecule has 18 rings (SSSR count). The number of rotatable bonds is 3. The monoisotopic (exact) mass is 1570 g/mol. The summed E-state index contributed by atoms with van der Waals surface area (Å²) in [5, 5.41) is 6.80. The predicted octanol–water partition coefficient (Wildman–Crippen LogP) is 27.2. The number of carbonyl (C=O) groups excluding carboxylic acids is 1. The molecule has 0 spiro atoms. The van der Waals surface area contributed by atoms with Crippen LogP contribution in [-0.4, -0.2) is 40.4 Å². The second-order valence-corrected chi connectivity index (χ2v) is 38.7. The molecule has 0 bridgehead atoms. The Bertz CT molecular complexity index is 6120. The molecule has 0 saturated carbocycles. The first-order chi connectivity index (χ1) is 55.5. The van der Waals surface area contributed by atoms with Crippen molar-refractivity contribution in [2.75, 3.05) is 5.32 Å². The fraction of sp³-hybridized carbons (Fsp3) is 0.333. The van der Waals surface area contributed by atoms with Crippen LogP contribution in [0.4, 0.5) is 5.69 Å². The third kappa shape index (κ3) is 21.0. The van der Waals surface area contributed by atoms with Crippen molar-refractivity contribution >= 4 is 77.6 Å². The normalized spacial score (nSPS) is 13.0. The highest BCUT2D eigenvalue weighted by atomic mass is 16.4. The summed E-state index contributed by atoms with van der Waals surface area (Å²) in [6.07, 6.45) is 7.65. The molecule has 10 aromatic carbocycles. The van der Waals surface area contributed by atoms with Crippen molar-refractivity contribution in [2.24, 2.45) is 7.05 Å². The standard InChI is InChI=1S/C18H19NO.C17H18N2.C17H17NO.C16H21N.C13H15N.C12H15NO2.C12H15NO/c1-12-7-5-6-8-14(12)17-19-15-11-13(18(2,3)4)9-10-16(15)20-17;1-17(2,3)13-9-10-14-15(11-13)19-16(18-14)12-7-5-4-6-8-12;1-17(2,3)13-9-10-15-14(11-13)18-16(19-15)12-7-5-4-6-8-12;1-16(2,3)11-8-9-13-12-6-4-5-7-14(12)17-15(13)10-11;1-13(2,3)12-8-10-6-4-5-7-11(10)9-14-12;1-12(2,3)8-5-6-10-9(7-8)13(4)11(14)15-10;1-12(2,3)9-5-4-8-6-11(14)13-10(8)7-9/h5-11H,1-4H3;4-11H,1-3H3,(H,18,19);4-11H,1-3H3;8-10,17H,4-7H2,1-3H3;4-9H,1-3H3;5-7H,1-4H3;4-5,7H,6H2,1-3H3,(H,13,14). The summed E-state index contributed by atoms with van der Waals surface area (Å²) in [5.41, 5.74) is 27.9. The number of imidazole rings is 1. The predicted molar refractivity (Wildman–Crippen MR) is 493 cm³/mol. The smallest absolute Gasteiger partial charge is 0.419 e. The number of hydrogen-bond acceptors (Lipinski definition) is 9. The minimum absolute atomic E-state index is 0.0848. The first-order valence-electron chi connectivity index (χ1n) is 41.5. The lowest BCUT2D eigenvalue weighted by Gasteiger charge is -2.19. The van der Waals surface area contributed by atoms with E-state index in [4.69, 9.17) is 13.3 Å². The molecule has 0 atom stereocenters. The van der Waals surface area contributed by atoms with E-state index < -0.39 is 0 Å². The number of fused-ring (bicyclic) bond motifs is 9. The number of pyridine rings is 1. The molecule has 0 unspecified atom stereocenters. The zero-order valence-electron chi connectivity index (χ0n) is 73.8. The van der Waals surface area contributed by atoms with Gasteiger partial charge in [0.05, 0.1) is 23.0 Å². The summed E-state index contributed by atoms with van der Waals surface area (Å²) < 4.78 is 18.3. The van der Waals surface area contributed by atoms with Gasteiger partial charge in [0, 0.05) is 68.7 Å². The Balaban J connectivity index is 0.000000127. The highest BCUT2D eigenvalue weighted by Gasteiger charge is 2.25. The van der Waals surface area contributed by atoms with Crippen LogP contribution in [0.3, 0.4) is 0 Å². The van der Waals surface area contributed by atoms with E-state index in [9.17, 15) is 9.59 Å². The Kier molecular flexibility index (Phi) is 25.0. The number of hydrogen-bond donors (Lipinski definition) is 3. The van der Waals surface area contributed by atoms with Gasteiger partial charge in [0.2, 0.25) is 17.7 Å². The Morgan fingerprint density at radius 1 is 0.398 bits per heavy atom. The molecule has 7 heterocycles. The minimum Gasteiger partial charge on any atom is -0.436 e. The van der Waals surface area contributed by atoms with E-state index in [-0.39, 0.29) is 49.6 Å². The number of carbonyl (C=O) groups is 1. The molecule has 0 saturated heterocycles. The largest absolute Gasteiger partial charge is 0.436 e. The maximum atomic E-state index is 11.3. The van der Waals surface area contributed by atoms with Gasteiger partial charge in [-0.3, -0.25) is 14.3 Å². The summed E-state index contributed by atoms with van der Waals surface area (Å²) in [4.78, 5) is 47.9. The van der Waals surface area contributed by atoms with Gasteiger partial charge < -0.3 is 28.5 Å². The summed E-state index contributed by atoms with van der Waals surface area (Å²) in [6, 6.07) is 76.9. The van der Waals surface area contributed by atoms with Gasteiger partial charge in [0.1, 0.15) is 16.9 Å². The van der Waals surface area contributed by atoms with Crippen molar-refractivity contribution in [1.29, 1.82) is 0 Å². The molecule has 118 heavy (non-hydrogen) atoms. The van der Waals surface area contributed by atoms with Crippen LogP contribution >= 0.6 is 0 Å². The first kappa shape index (κ1) is 85.7. The third-order valence-corrected chi connectivity index (χ3v) is 21.9. The number of nitrogens with zero attached hydrogens (tertiary/aromatic N) is 5. The molecule has 3 N–H and O–H groups in total. The molecular formula is C105H120N8O5. The lowest BCUT2D eigenvalue weighted by Crippen LogP contribution is -2.12. The van der Waals surface area contributed by atoms with E-state index in [1.807, 2.05) is 115 Å². The van der Waals surface area contributed by atoms with Crippen molar-refractivity contribution in [3.8, 4) is 34.3 Å².